The van der Waals surface area contributed by atoms with E-state index in [1.165, 1.54) is 6.33 Å². The molecule has 4 rings (SSSR count). The number of carbonyl (C=O) groups is 1. The third-order valence-corrected chi connectivity index (χ3v) is 3.96. The summed E-state index contributed by atoms with van der Waals surface area (Å²) >= 11 is 0. The van der Waals surface area contributed by atoms with Crippen LogP contribution < -0.4 is 20.3 Å². The maximum Gasteiger partial charge on any atom is 0.262 e. The number of carbonyl (C=O) groups excluding carboxylic acids is 1. The summed E-state index contributed by atoms with van der Waals surface area (Å²) in [5, 5.41) is 2.94. The van der Waals surface area contributed by atoms with Crippen LogP contribution in [-0.2, 0) is 6.54 Å². The van der Waals surface area contributed by atoms with Gasteiger partial charge in [-0.1, -0.05) is 6.07 Å². The van der Waals surface area contributed by atoms with Gasteiger partial charge >= 0.3 is 0 Å². The summed E-state index contributed by atoms with van der Waals surface area (Å²) in [4.78, 5) is 30.9. The Hall–Kier alpha value is -3.29. The fourth-order valence-corrected chi connectivity index (χ4v) is 2.80. The first-order valence-electron chi connectivity index (χ1n) is 7.77. The molecule has 0 spiro atoms. The van der Waals surface area contributed by atoms with E-state index in [-0.39, 0.29) is 23.2 Å². The third kappa shape index (κ3) is 2.71. The molecule has 3 aromatic rings. The van der Waals surface area contributed by atoms with Crippen molar-refractivity contribution in [3.63, 3.8) is 0 Å². The highest BCUT2D eigenvalue weighted by Crippen LogP contribution is 2.30. The summed E-state index contributed by atoms with van der Waals surface area (Å²) in [5.74, 6) is 1.29. The Balaban J connectivity index is 1.57. The molecule has 25 heavy (non-hydrogen) atoms. The van der Waals surface area contributed by atoms with E-state index < -0.39 is 11.5 Å². The van der Waals surface area contributed by atoms with Crippen LogP contribution in [0.3, 0.4) is 0 Å². The lowest BCUT2D eigenvalue weighted by molar-refractivity contribution is 0.0950. The molecular weight excluding hydrogens is 326 g/mol. The number of hydrogen-bond acceptors (Lipinski definition) is 6. The van der Waals surface area contributed by atoms with Crippen LogP contribution in [0.25, 0.3) is 11.1 Å². The Kier molecular flexibility index (Phi) is 3.64. The first-order chi connectivity index (χ1) is 12.1. The molecule has 1 aliphatic heterocycles. The van der Waals surface area contributed by atoms with Gasteiger partial charge in [0.15, 0.2) is 11.5 Å². The standard InChI is InChI=1S/C17H15N3O5/c1-9-13(14-16(22)19-8-20-17(14)25-9)15(21)18-7-10-2-3-11-12(6-10)24-5-4-23-11/h2-3,6,8H,4-5,7H2,1H3,(H,18,21)(H,19,20,22). The highest BCUT2D eigenvalue weighted by atomic mass is 16.6. The topological polar surface area (TPSA) is 106 Å². The van der Waals surface area contributed by atoms with Crippen LogP contribution in [0.1, 0.15) is 21.7 Å². The zero-order chi connectivity index (χ0) is 17.4. The molecule has 8 heteroatoms. The molecule has 0 saturated carbocycles. The lowest BCUT2D eigenvalue weighted by Gasteiger charge is -2.18. The van der Waals surface area contributed by atoms with E-state index >= 15 is 0 Å². The van der Waals surface area contributed by atoms with Gasteiger partial charge in [-0.15, -0.1) is 0 Å². The van der Waals surface area contributed by atoms with Gasteiger partial charge in [-0.3, -0.25) is 9.59 Å². The molecule has 0 atom stereocenters. The first kappa shape index (κ1) is 15.3. The molecule has 0 bridgehead atoms. The summed E-state index contributed by atoms with van der Waals surface area (Å²) < 4.78 is 16.4. The van der Waals surface area contributed by atoms with Gasteiger partial charge in [0.2, 0.25) is 5.71 Å². The number of H-pyrrole nitrogens is 1. The minimum absolute atomic E-state index is 0.144. The third-order valence-electron chi connectivity index (χ3n) is 3.96. The number of aryl methyl sites for hydroxylation is 1. The molecule has 1 aromatic carbocycles. The number of amides is 1. The van der Waals surface area contributed by atoms with Gasteiger partial charge in [-0.2, -0.15) is 0 Å². The van der Waals surface area contributed by atoms with Gasteiger partial charge in [-0.25, -0.2) is 4.98 Å². The van der Waals surface area contributed by atoms with Gasteiger partial charge < -0.3 is 24.2 Å². The molecule has 1 aliphatic rings. The van der Waals surface area contributed by atoms with Crippen LogP contribution in [0.5, 0.6) is 11.5 Å². The average molecular weight is 341 g/mol. The van der Waals surface area contributed by atoms with E-state index in [1.807, 2.05) is 18.2 Å². The number of nitrogens with zero attached hydrogens (tertiary/aromatic N) is 1. The highest BCUT2D eigenvalue weighted by molar-refractivity contribution is 6.06. The molecule has 1 amide bonds. The zero-order valence-corrected chi connectivity index (χ0v) is 13.4. The second-order valence-electron chi connectivity index (χ2n) is 5.61. The number of benzene rings is 1. The number of aromatic amines is 1. The van der Waals surface area contributed by atoms with Gasteiger partial charge in [-0.05, 0) is 24.6 Å². The van der Waals surface area contributed by atoms with Gasteiger partial charge in [0.05, 0.1) is 11.9 Å². The van der Waals surface area contributed by atoms with Crippen molar-refractivity contribution in [2.45, 2.75) is 13.5 Å². The maximum atomic E-state index is 12.5. The second-order valence-corrected chi connectivity index (χ2v) is 5.61. The number of nitrogens with one attached hydrogen (secondary N) is 2. The van der Waals surface area contributed by atoms with E-state index in [0.717, 1.165) is 5.56 Å². The lowest BCUT2D eigenvalue weighted by atomic mass is 10.1. The quantitative estimate of drug-likeness (QED) is 0.748. The van der Waals surface area contributed by atoms with Crippen molar-refractivity contribution < 1.29 is 18.7 Å². The smallest absolute Gasteiger partial charge is 0.262 e. The zero-order valence-electron chi connectivity index (χ0n) is 13.4. The molecule has 0 fully saturated rings. The number of fused-ring (bicyclic) bond motifs is 2. The van der Waals surface area contributed by atoms with E-state index in [2.05, 4.69) is 15.3 Å². The van der Waals surface area contributed by atoms with Crippen molar-refractivity contribution in [3.8, 4) is 11.5 Å². The Morgan fingerprint density at radius 2 is 2.08 bits per heavy atom. The summed E-state index contributed by atoms with van der Waals surface area (Å²) in [6.07, 6.45) is 1.24. The average Bonchev–Trinajstić information content (AvgIpc) is 2.97. The van der Waals surface area contributed by atoms with Crippen LogP contribution in [0.4, 0.5) is 0 Å². The summed E-state index contributed by atoms with van der Waals surface area (Å²) in [6, 6.07) is 5.48. The lowest BCUT2D eigenvalue weighted by Crippen LogP contribution is -2.24. The molecular formula is C17H15N3O5. The van der Waals surface area contributed by atoms with Crippen molar-refractivity contribution in [3.05, 3.63) is 51.8 Å². The molecule has 2 aromatic heterocycles. The molecule has 0 saturated heterocycles. The monoisotopic (exact) mass is 341 g/mol. The number of furan rings is 1. The number of rotatable bonds is 3. The summed E-state index contributed by atoms with van der Waals surface area (Å²) in [6.45, 7) is 2.93. The number of ether oxygens (including phenoxy) is 2. The van der Waals surface area contributed by atoms with E-state index in [0.29, 0.717) is 30.5 Å². The van der Waals surface area contributed by atoms with Gasteiger partial charge in [0.25, 0.3) is 11.5 Å². The van der Waals surface area contributed by atoms with E-state index in [1.54, 1.807) is 6.92 Å². The van der Waals surface area contributed by atoms with E-state index in [9.17, 15) is 9.59 Å². The van der Waals surface area contributed by atoms with Crippen molar-refractivity contribution in [2.24, 2.45) is 0 Å². The first-order valence-corrected chi connectivity index (χ1v) is 7.77. The number of aromatic nitrogens is 2. The van der Waals surface area contributed by atoms with Crippen LogP contribution in [0.15, 0.2) is 33.7 Å². The predicted molar refractivity (Wildman–Crippen MR) is 88.0 cm³/mol. The highest BCUT2D eigenvalue weighted by Gasteiger charge is 2.21. The molecule has 8 nitrogen and oxygen atoms in total. The molecule has 0 radical (unpaired) electrons. The maximum absolute atomic E-state index is 12.5. The fraction of sp³-hybridized carbons (Fsp3) is 0.235. The molecule has 0 aliphatic carbocycles. The molecule has 0 unspecified atom stereocenters. The van der Waals surface area contributed by atoms with Crippen molar-refractivity contribution in [1.29, 1.82) is 0 Å². The largest absolute Gasteiger partial charge is 0.486 e. The van der Waals surface area contributed by atoms with Gasteiger partial charge in [0.1, 0.15) is 24.4 Å². The van der Waals surface area contributed by atoms with Crippen LogP contribution >= 0.6 is 0 Å². The van der Waals surface area contributed by atoms with Crippen LogP contribution in [0, 0.1) is 6.92 Å². The Bertz CT molecular complexity index is 1020. The summed E-state index contributed by atoms with van der Waals surface area (Å²) in [5.41, 5.74) is 0.786. The Morgan fingerprint density at radius 3 is 2.92 bits per heavy atom. The molecule has 3 heterocycles. The van der Waals surface area contributed by atoms with Crippen LogP contribution in [-0.4, -0.2) is 29.1 Å². The molecule has 2 N–H and O–H groups in total. The minimum Gasteiger partial charge on any atom is -0.486 e. The number of hydrogen-bond donors (Lipinski definition) is 2. The fourth-order valence-electron chi connectivity index (χ4n) is 2.80. The second kappa shape index (κ2) is 5.97. The SMILES string of the molecule is Cc1oc2nc[nH]c(=O)c2c1C(=O)NCc1ccc2c(c1)OCCO2. The van der Waals surface area contributed by atoms with Gasteiger partial charge in [0, 0.05) is 6.54 Å². The van der Waals surface area contributed by atoms with Crippen molar-refractivity contribution >= 4 is 17.0 Å². The Labute approximate surface area is 141 Å². The van der Waals surface area contributed by atoms with Crippen molar-refractivity contribution in [2.75, 3.05) is 13.2 Å². The van der Waals surface area contributed by atoms with Crippen molar-refractivity contribution in [1.82, 2.24) is 15.3 Å². The summed E-state index contributed by atoms with van der Waals surface area (Å²) in [7, 11) is 0. The van der Waals surface area contributed by atoms with E-state index in [4.69, 9.17) is 13.9 Å². The molecule has 128 valence electrons. The normalized spacial score (nSPS) is 13.0. The van der Waals surface area contributed by atoms with Crippen LogP contribution in [0.2, 0.25) is 0 Å². The Morgan fingerprint density at radius 1 is 1.28 bits per heavy atom. The predicted octanol–water partition coefficient (Wildman–Crippen LogP) is 1.53. The minimum atomic E-state index is -0.411.